The van der Waals surface area contributed by atoms with E-state index in [9.17, 15) is 9.90 Å². The van der Waals surface area contributed by atoms with Crippen molar-refractivity contribution in [3.05, 3.63) is 77.4 Å². The molecule has 2 aromatic carbocycles. The number of aliphatic hydroxyl groups is 1. The Morgan fingerprint density at radius 3 is 2.24 bits per heavy atom. The third-order valence-electron chi connectivity index (χ3n) is 3.04. The minimum atomic E-state index is -1.01. The SMILES string of the molecule is CCOC(=O)/C(=C\c1ccccc1)[C@H](O)c1ccccc1. The second-order valence-corrected chi connectivity index (χ2v) is 4.54. The van der Waals surface area contributed by atoms with Crippen LogP contribution in [0, 0.1) is 0 Å². The first kappa shape index (κ1) is 15.0. The van der Waals surface area contributed by atoms with E-state index < -0.39 is 12.1 Å². The van der Waals surface area contributed by atoms with Crippen LogP contribution in [-0.2, 0) is 9.53 Å². The topological polar surface area (TPSA) is 46.5 Å². The van der Waals surface area contributed by atoms with Crippen molar-refractivity contribution >= 4 is 12.0 Å². The van der Waals surface area contributed by atoms with Crippen LogP contribution in [0.15, 0.2) is 66.2 Å². The lowest BCUT2D eigenvalue weighted by molar-refractivity contribution is -0.139. The molecule has 2 aromatic rings. The van der Waals surface area contributed by atoms with Crippen LogP contribution in [0.1, 0.15) is 24.2 Å². The number of esters is 1. The van der Waals surface area contributed by atoms with Crippen molar-refractivity contribution in [2.45, 2.75) is 13.0 Å². The van der Waals surface area contributed by atoms with Gasteiger partial charge in [-0.1, -0.05) is 60.7 Å². The highest BCUT2D eigenvalue weighted by Crippen LogP contribution is 2.24. The van der Waals surface area contributed by atoms with Gasteiger partial charge < -0.3 is 9.84 Å². The van der Waals surface area contributed by atoms with Gasteiger partial charge in [0.15, 0.2) is 0 Å². The Kier molecular flexibility index (Phi) is 5.29. The second-order valence-electron chi connectivity index (χ2n) is 4.54. The third-order valence-corrected chi connectivity index (χ3v) is 3.04. The predicted octanol–water partition coefficient (Wildman–Crippen LogP) is 3.37. The smallest absolute Gasteiger partial charge is 0.337 e. The first-order valence-corrected chi connectivity index (χ1v) is 6.89. The Hall–Kier alpha value is -2.39. The maximum Gasteiger partial charge on any atom is 0.337 e. The summed E-state index contributed by atoms with van der Waals surface area (Å²) in [7, 11) is 0. The molecule has 21 heavy (non-hydrogen) atoms. The fraction of sp³-hybridized carbons (Fsp3) is 0.167. The van der Waals surface area contributed by atoms with Crippen molar-refractivity contribution < 1.29 is 14.6 Å². The minimum absolute atomic E-state index is 0.231. The molecule has 0 aliphatic rings. The monoisotopic (exact) mass is 282 g/mol. The van der Waals surface area contributed by atoms with Crippen molar-refractivity contribution in [3.8, 4) is 0 Å². The van der Waals surface area contributed by atoms with E-state index in [0.717, 1.165) is 5.56 Å². The highest BCUT2D eigenvalue weighted by molar-refractivity contribution is 5.95. The van der Waals surface area contributed by atoms with Gasteiger partial charge in [0, 0.05) is 0 Å². The average molecular weight is 282 g/mol. The van der Waals surface area contributed by atoms with Crippen LogP contribution >= 0.6 is 0 Å². The van der Waals surface area contributed by atoms with E-state index in [1.165, 1.54) is 0 Å². The molecule has 0 saturated carbocycles. The average Bonchev–Trinajstić information content (AvgIpc) is 2.54. The van der Waals surface area contributed by atoms with Crippen LogP contribution in [0.25, 0.3) is 6.08 Å². The molecule has 0 aromatic heterocycles. The van der Waals surface area contributed by atoms with Gasteiger partial charge in [-0.05, 0) is 24.1 Å². The fourth-order valence-electron chi connectivity index (χ4n) is 2.01. The Labute approximate surface area is 124 Å². The number of ether oxygens (including phenoxy) is 1. The van der Waals surface area contributed by atoms with Gasteiger partial charge >= 0.3 is 5.97 Å². The van der Waals surface area contributed by atoms with Crippen molar-refractivity contribution in [1.29, 1.82) is 0 Å². The van der Waals surface area contributed by atoms with E-state index in [2.05, 4.69) is 0 Å². The van der Waals surface area contributed by atoms with Crippen LogP contribution < -0.4 is 0 Å². The summed E-state index contributed by atoms with van der Waals surface area (Å²) >= 11 is 0. The Bertz CT molecular complexity index is 603. The number of carbonyl (C=O) groups excluding carboxylic acids is 1. The van der Waals surface area contributed by atoms with Gasteiger partial charge in [-0.15, -0.1) is 0 Å². The molecule has 1 atom stereocenters. The van der Waals surface area contributed by atoms with Crippen molar-refractivity contribution in [2.24, 2.45) is 0 Å². The second kappa shape index (κ2) is 7.41. The van der Waals surface area contributed by atoms with Gasteiger partial charge in [-0.25, -0.2) is 4.79 Å². The van der Waals surface area contributed by atoms with E-state index in [0.29, 0.717) is 5.56 Å². The zero-order chi connectivity index (χ0) is 15.1. The molecule has 0 amide bonds. The van der Waals surface area contributed by atoms with E-state index in [1.54, 1.807) is 25.1 Å². The maximum absolute atomic E-state index is 12.1. The minimum Gasteiger partial charge on any atom is -0.463 e. The van der Waals surface area contributed by atoms with Gasteiger partial charge in [0.25, 0.3) is 0 Å². The zero-order valence-electron chi connectivity index (χ0n) is 11.9. The Balaban J connectivity index is 2.37. The van der Waals surface area contributed by atoms with Crippen LogP contribution in [0.3, 0.4) is 0 Å². The lowest BCUT2D eigenvalue weighted by atomic mass is 9.99. The van der Waals surface area contributed by atoms with Crippen molar-refractivity contribution in [2.75, 3.05) is 6.61 Å². The van der Waals surface area contributed by atoms with Gasteiger partial charge in [0.1, 0.15) is 6.10 Å². The van der Waals surface area contributed by atoms with Crippen LogP contribution in [-0.4, -0.2) is 17.7 Å². The number of rotatable bonds is 5. The molecule has 0 fully saturated rings. The summed E-state index contributed by atoms with van der Waals surface area (Å²) in [6, 6.07) is 18.5. The molecule has 0 spiro atoms. The highest BCUT2D eigenvalue weighted by atomic mass is 16.5. The highest BCUT2D eigenvalue weighted by Gasteiger charge is 2.21. The quantitative estimate of drug-likeness (QED) is 0.675. The van der Waals surface area contributed by atoms with Gasteiger partial charge in [-0.3, -0.25) is 0 Å². The number of carbonyl (C=O) groups is 1. The third kappa shape index (κ3) is 4.04. The molecular formula is C18H18O3. The molecule has 3 nitrogen and oxygen atoms in total. The van der Waals surface area contributed by atoms with Crippen LogP contribution in [0.5, 0.6) is 0 Å². The van der Waals surface area contributed by atoms with Crippen LogP contribution in [0.4, 0.5) is 0 Å². The summed E-state index contributed by atoms with van der Waals surface area (Å²) in [5.41, 5.74) is 1.73. The Morgan fingerprint density at radius 1 is 1.10 bits per heavy atom. The normalized spacial score (nSPS) is 12.8. The lowest BCUT2D eigenvalue weighted by Crippen LogP contribution is -2.14. The molecular weight excluding hydrogens is 264 g/mol. The summed E-state index contributed by atoms with van der Waals surface area (Å²) < 4.78 is 5.05. The molecule has 0 saturated heterocycles. The molecule has 0 aliphatic carbocycles. The van der Waals surface area contributed by atoms with E-state index in [-0.39, 0.29) is 12.2 Å². The maximum atomic E-state index is 12.1. The summed E-state index contributed by atoms with van der Waals surface area (Å²) in [6.45, 7) is 2.01. The summed E-state index contributed by atoms with van der Waals surface area (Å²) in [5, 5.41) is 10.5. The molecule has 0 radical (unpaired) electrons. The van der Waals surface area contributed by atoms with E-state index in [1.807, 2.05) is 48.5 Å². The molecule has 0 unspecified atom stereocenters. The first-order chi connectivity index (χ1) is 10.2. The molecule has 1 N–H and O–H groups in total. The zero-order valence-corrected chi connectivity index (χ0v) is 11.9. The Morgan fingerprint density at radius 2 is 1.67 bits per heavy atom. The van der Waals surface area contributed by atoms with Gasteiger partial charge in [0.05, 0.1) is 12.2 Å². The number of hydrogen-bond acceptors (Lipinski definition) is 3. The van der Waals surface area contributed by atoms with Crippen LogP contribution in [0.2, 0.25) is 0 Å². The molecule has 108 valence electrons. The molecule has 0 heterocycles. The number of hydrogen-bond donors (Lipinski definition) is 1. The lowest BCUT2D eigenvalue weighted by Gasteiger charge is -2.14. The fourth-order valence-corrected chi connectivity index (χ4v) is 2.01. The summed E-state index contributed by atoms with van der Waals surface area (Å²) in [6.07, 6.45) is 0.654. The standard InChI is InChI=1S/C18H18O3/c1-2-21-18(20)16(13-14-9-5-3-6-10-14)17(19)15-11-7-4-8-12-15/h3-13,17,19H,2H2,1H3/b16-13-/t17-/m1/s1. The first-order valence-electron chi connectivity index (χ1n) is 6.89. The molecule has 3 heteroatoms. The largest absolute Gasteiger partial charge is 0.463 e. The molecule has 2 rings (SSSR count). The van der Waals surface area contributed by atoms with E-state index in [4.69, 9.17) is 4.74 Å². The van der Waals surface area contributed by atoms with Gasteiger partial charge in [-0.2, -0.15) is 0 Å². The van der Waals surface area contributed by atoms with E-state index >= 15 is 0 Å². The summed E-state index contributed by atoms with van der Waals surface area (Å²) in [4.78, 5) is 12.1. The molecule has 0 aliphatic heterocycles. The van der Waals surface area contributed by atoms with Gasteiger partial charge in [0.2, 0.25) is 0 Å². The summed E-state index contributed by atoms with van der Waals surface area (Å²) in [5.74, 6) is -0.502. The number of benzene rings is 2. The molecule has 0 bridgehead atoms. The number of aliphatic hydroxyl groups excluding tert-OH is 1. The predicted molar refractivity (Wildman–Crippen MR) is 82.5 cm³/mol. The van der Waals surface area contributed by atoms with Crippen molar-refractivity contribution in [1.82, 2.24) is 0 Å². The van der Waals surface area contributed by atoms with Crippen molar-refractivity contribution in [3.63, 3.8) is 0 Å².